The number of rotatable bonds is 3. The Kier molecular flexibility index (Phi) is 5.61. The minimum atomic E-state index is -0.0719. The first-order valence-electron chi connectivity index (χ1n) is 10.7. The molecule has 1 aromatic rings. The quantitative estimate of drug-likeness (QED) is 0.746. The molecule has 3 aliphatic rings. The van der Waals surface area contributed by atoms with Crippen molar-refractivity contribution in [1.82, 2.24) is 9.80 Å². The van der Waals surface area contributed by atoms with Crippen molar-refractivity contribution in [3.63, 3.8) is 0 Å². The molecule has 4 heteroatoms. The molecule has 1 aromatic carbocycles. The predicted molar refractivity (Wildman–Crippen MR) is 107 cm³/mol. The second-order valence-electron chi connectivity index (χ2n) is 8.12. The third kappa shape index (κ3) is 3.67. The molecule has 2 amide bonds. The summed E-state index contributed by atoms with van der Waals surface area (Å²) in [7, 11) is 0. The molecule has 0 spiro atoms. The molecule has 4 nitrogen and oxygen atoms in total. The van der Waals surface area contributed by atoms with E-state index in [2.05, 4.69) is 4.90 Å². The normalized spacial score (nSPS) is 23.0. The van der Waals surface area contributed by atoms with Crippen molar-refractivity contribution in [2.75, 3.05) is 13.1 Å². The average Bonchev–Trinajstić information content (AvgIpc) is 2.94. The van der Waals surface area contributed by atoms with E-state index in [9.17, 15) is 9.59 Å². The van der Waals surface area contributed by atoms with Crippen LogP contribution in [0.1, 0.15) is 69.8 Å². The lowest BCUT2D eigenvalue weighted by atomic mass is 9.95. The first-order valence-corrected chi connectivity index (χ1v) is 10.7. The van der Waals surface area contributed by atoms with Crippen molar-refractivity contribution in [3.05, 3.63) is 41.6 Å². The summed E-state index contributed by atoms with van der Waals surface area (Å²) in [5.74, 6) is -0.122. The topological polar surface area (TPSA) is 40.6 Å². The van der Waals surface area contributed by atoms with Gasteiger partial charge in [-0.3, -0.25) is 14.5 Å². The van der Waals surface area contributed by atoms with Crippen LogP contribution < -0.4 is 0 Å². The predicted octanol–water partition coefficient (Wildman–Crippen LogP) is 4.37. The minimum Gasteiger partial charge on any atom is -0.366 e. The van der Waals surface area contributed by atoms with E-state index in [1.165, 1.54) is 25.7 Å². The van der Waals surface area contributed by atoms with Gasteiger partial charge in [0.1, 0.15) is 5.70 Å². The highest BCUT2D eigenvalue weighted by Crippen LogP contribution is 2.36. The van der Waals surface area contributed by atoms with Crippen molar-refractivity contribution < 1.29 is 9.59 Å². The van der Waals surface area contributed by atoms with Crippen molar-refractivity contribution in [3.8, 4) is 0 Å². The Bertz CT molecular complexity index is 711. The zero-order valence-corrected chi connectivity index (χ0v) is 16.2. The van der Waals surface area contributed by atoms with Crippen molar-refractivity contribution in [2.45, 2.75) is 70.3 Å². The summed E-state index contributed by atoms with van der Waals surface area (Å²) in [6, 6.07) is 9.85. The first kappa shape index (κ1) is 18.3. The highest BCUT2D eigenvalue weighted by atomic mass is 16.2. The van der Waals surface area contributed by atoms with E-state index in [0.717, 1.165) is 57.2 Å². The number of nitrogens with zero attached hydrogens (tertiary/aromatic N) is 2. The summed E-state index contributed by atoms with van der Waals surface area (Å²) < 4.78 is 0. The average molecular weight is 367 g/mol. The van der Waals surface area contributed by atoms with Crippen LogP contribution in [0.15, 0.2) is 36.0 Å². The molecule has 27 heavy (non-hydrogen) atoms. The van der Waals surface area contributed by atoms with Gasteiger partial charge in [0, 0.05) is 19.1 Å². The van der Waals surface area contributed by atoms with Gasteiger partial charge in [0.2, 0.25) is 0 Å². The van der Waals surface area contributed by atoms with E-state index in [1.807, 2.05) is 30.3 Å². The standard InChI is InChI=1S/C23H30N2O2/c26-22-20(18-12-6-4-7-13-18)21(24-16-10-5-11-17-24)23(27)25(22)19-14-8-2-1-3-9-15-19/h4,6-7,12-13,19H,1-3,5,8-11,14-17H2. The summed E-state index contributed by atoms with van der Waals surface area (Å²) in [5.41, 5.74) is 2.17. The number of piperidine rings is 1. The van der Waals surface area contributed by atoms with Gasteiger partial charge in [0.05, 0.1) is 5.57 Å². The number of hydrogen-bond donors (Lipinski definition) is 0. The van der Waals surface area contributed by atoms with Crippen LogP contribution in [0.25, 0.3) is 5.57 Å². The van der Waals surface area contributed by atoms with Crippen LogP contribution >= 0.6 is 0 Å². The number of carbonyl (C=O) groups is 2. The molecule has 0 unspecified atom stereocenters. The van der Waals surface area contributed by atoms with Gasteiger partial charge in [-0.05, 0) is 37.7 Å². The zero-order valence-electron chi connectivity index (χ0n) is 16.2. The zero-order chi connectivity index (χ0) is 18.6. The molecule has 1 saturated heterocycles. The highest BCUT2D eigenvalue weighted by molar-refractivity contribution is 6.35. The highest BCUT2D eigenvalue weighted by Gasteiger charge is 2.44. The van der Waals surface area contributed by atoms with E-state index >= 15 is 0 Å². The van der Waals surface area contributed by atoms with E-state index < -0.39 is 0 Å². The van der Waals surface area contributed by atoms with Crippen LogP contribution in [0.4, 0.5) is 0 Å². The van der Waals surface area contributed by atoms with Crippen molar-refractivity contribution >= 4 is 17.4 Å². The molecule has 0 aromatic heterocycles. The number of hydrogen-bond acceptors (Lipinski definition) is 3. The lowest BCUT2D eigenvalue weighted by Crippen LogP contribution is -2.43. The van der Waals surface area contributed by atoms with Gasteiger partial charge in [0.15, 0.2) is 0 Å². The fourth-order valence-corrected chi connectivity index (χ4v) is 4.84. The van der Waals surface area contributed by atoms with Gasteiger partial charge in [-0.1, -0.05) is 62.4 Å². The van der Waals surface area contributed by atoms with Crippen LogP contribution in [0, 0.1) is 0 Å². The maximum Gasteiger partial charge on any atom is 0.278 e. The number of carbonyl (C=O) groups excluding carboxylic acids is 2. The molecular formula is C23H30N2O2. The molecule has 1 aliphatic carbocycles. The fourth-order valence-electron chi connectivity index (χ4n) is 4.84. The third-order valence-corrected chi connectivity index (χ3v) is 6.27. The van der Waals surface area contributed by atoms with E-state index in [1.54, 1.807) is 4.90 Å². The minimum absolute atomic E-state index is 0.0497. The van der Waals surface area contributed by atoms with Crippen molar-refractivity contribution in [1.29, 1.82) is 0 Å². The maximum atomic E-state index is 13.5. The first-order chi connectivity index (χ1) is 13.3. The smallest absolute Gasteiger partial charge is 0.278 e. The Balaban J connectivity index is 1.70. The molecule has 0 N–H and O–H groups in total. The SMILES string of the molecule is O=C1C(c2ccccc2)=C(N2CCCCC2)C(=O)N1C1CCCCCCC1. The van der Waals surface area contributed by atoms with Gasteiger partial charge in [-0.15, -0.1) is 0 Å². The molecule has 2 fully saturated rings. The van der Waals surface area contributed by atoms with Crippen LogP contribution in [-0.2, 0) is 9.59 Å². The number of amides is 2. The Morgan fingerprint density at radius 3 is 1.96 bits per heavy atom. The summed E-state index contributed by atoms with van der Waals surface area (Å²) in [5, 5.41) is 0. The second kappa shape index (κ2) is 8.28. The van der Waals surface area contributed by atoms with Gasteiger partial charge in [-0.2, -0.15) is 0 Å². The Hall–Kier alpha value is -2.10. The fraction of sp³-hybridized carbons (Fsp3) is 0.565. The molecule has 0 atom stereocenters. The second-order valence-corrected chi connectivity index (χ2v) is 8.12. The molecule has 4 rings (SSSR count). The van der Waals surface area contributed by atoms with Crippen molar-refractivity contribution in [2.24, 2.45) is 0 Å². The van der Waals surface area contributed by atoms with Crippen LogP contribution in [0.5, 0.6) is 0 Å². The Labute approximate surface area is 162 Å². The molecule has 144 valence electrons. The van der Waals surface area contributed by atoms with E-state index in [0.29, 0.717) is 11.3 Å². The van der Waals surface area contributed by atoms with E-state index in [4.69, 9.17) is 0 Å². The summed E-state index contributed by atoms with van der Waals surface area (Å²) in [6.07, 6.45) is 11.2. The molecule has 2 heterocycles. The summed E-state index contributed by atoms with van der Waals surface area (Å²) in [4.78, 5) is 30.8. The number of imide groups is 1. The lowest BCUT2D eigenvalue weighted by molar-refractivity contribution is -0.140. The number of benzene rings is 1. The molecular weight excluding hydrogens is 336 g/mol. The maximum absolute atomic E-state index is 13.5. The number of likely N-dealkylation sites (tertiary alicyclic amines) is 1. The van der Waals surface area contributed by atoms with Gasteiger partial charge >= 0.3 is 0 Å². The summed E-state index contributed by atoms with van der Waals surface area (Å²) in [6.45, 7) is 1.76. The molecule has 0 radical (unpaired) electrons. The Morgan fingerprint density at radius 2 is 1.30 bits per heavy atom. The van der Waals surface area contributed by atoms with Crippen LogP contribution in [0.2, 0.25) is 0 Å². The van der Waals surface area contributed by atoms with E-state index in [-0.39, 0.29) is 17.9 Å². The Morgan fingerprint density at radius 1 is 0.704 bits per heavy atom. The monoisotopic (exact) mass is 366 g/mol. The molecule has 2 aliphatic heterocycles. The van der Waals surface area contributed by atoms with Crippen LogP contribution in [-0.4, -0.2) is 40.7 Å². The lowest BCUT2D eigenvalue weighted by Gasteiger charge is -2.31. The molecule has 0 bridgehead atoms. The van der Waals surface area contributed by atoms with Gasteiger partial charge < -0.3 is 4.90 Å². The summed E-state index contributed by atoms with van der Waals surface area (Å²) >= 11 is 0. The van der Waals surface area contributed by atoms with Crippen LogP contribution in [0.3, 0.4) is 0 Å². The van der Waals surface area contributed by atoms with Gasteiger partial charge in [-0.25, -0.2) is 0 Å². The third-order valence-electron chi connectivity index (χ3n) is 6.27. The largest absolute Gasteiger partial charge is 0.366 e. The molecule has 1 saturated carbocycles. The van der Waals surface area contributed by atoms with Gasteiger partial charge in [0.25, 0.3) is 11.8 Å².